The molecule has 2 rings (SSSR count). The molecule has 0 saturated heterocycles. The van der Waals surface area contributed by atoms with Crippen LogP contribution < -0.4 is 10.4 Å². The van der Waals surface area contributed by atoms with E-state index in [0.29, 0.717) is 11.6 Å². The van der Waals surface area contributed by atoms with Crippen molar-refractivity contribution in [3.05, 3.63) is 34.7 Å². The molecule has 1 unspecified atom stereocenters. The molecule has 1 aromatic carbocycles. The Kier molecular flexibility index (Phi) is 2.09. The number of rotatable bonds is 1. The third-order valence-electron chi connectivity index (χ3n) is 2.38. The second-order valence-electron chi connectivity index (χ2n) is 3.26. The molecule has 0 aromatic heterocycles. The van der Waals surface area contributed by atoms with E-state index in [1.165, 1.54) is 0 Å². The zero-order valence-electron chi connectivity index (χ0n) is 7.47. The first-order valence-corrected chi connectivity index (χ1v) is 4.41. The first-order valence-electron chi connectivity index (χ1n) is 4.41. The van der Waals surface area contributed by atoms with Gasteiger partial charge in [0.05, 0.1) is 11.7 Å². The van der Waals surface area contributed by atoms with Gasteiger partial charge in [0.25, 0.3) is 0 Å². The minimum atomic E-state index is -1.04. The summed E-state index contributed by atoms with van der Waals surface area (Å²) >= 11 is 0. The summed E-state index contributed by atoms with van der Waals surface area (Å²) in [4.78, 5) is 10.9. The highest BCUT2D eigenvalue weighted by Gasteiger charge is 2.20. The fraction of sp³-hybridized carbons (Fsp3) is 0.182. The predicted molar refractivity (Wildman–Crippen MR) is 51.8 cm³/mol. The van der Waals surface area contributed by atoms with Crippen molar-refractivity contribution in [1.82, 2.24) is 0 Å². The highest BCUT2D eigenvalue weighted by Crippen LogP contribution is 2.09. The summed E-state index contributed by atoms with van der Waals surface area (Å²) in [5, 5.41) is 20.0. The fourth-order valence-corrected chi connectivity index (χ4v) is 1.71. The molecular formula is C11H10O3. The van der Waals surface area contributed by atoms with Crippen LogP contribution in [0.2, 0.25) is 0 Å². The molecule has 0 fully saturated rings. The van der Waals surface area contributed by atoms with Crippen molar-refractivity contribution in [2.24, 2.45) is 0 Å². The van der Waals surface area contributed by atoms with Gasteiger partial charge in [-0.15, -0.1) is 0 Å². The van der Waals surface area contributed by atoms with E-state index in [9.17, 15) is 9.90 Å². The first-order chi connectivity index (χ1) is 6.70. The first kappa shape index (κ1) is 8.97. The second-order valence-corrected chi connectivity index (χ2v) is 3.26. The summed E-state index contributed by atoms with van der Waals surface area (Å²) in [5.41, 5.74) is 0.100. The molecule has 1 atom stereocenters. The van der Waals surface area contributed by atoms with E-state index in [0.717, 1.165) is 5.22 Å². The Balaban J connectivity index is 2.85. The van der Waals surface area contributed by atoms with Crippen molar-refractivity contribution in [1.29, 1.82) is 0 Å². The molecule has 1 aromatic rings. The molecule has 72 valence electrons. The lowest BCUT2D eigenvalue weighted by Gasteiger charge is -2.13. The Morgan fingerprint density at radius 2 is 2.07 bits per heavy atom. The summed E-state index contributed by atoms with van der Waals surface area (Å²) in [7, 11) is 0. The maximum Gasteiger partial charge on any atom is 0.334 e. The molecule has 1 aliphatic rings. The summed E-state index contributed by atoms with van der Waals surface area (Å²) in [5.74, 6) is -1.04. The van der Waals surface area contributed by atoms with Crippen LogP contribution in [0.15, 0.2) is 24.3 Å². The van der Waals surface area contributed by atoms with Gasteiger partial charge in [-0.05, 0) is 16.9 Å². The Morgan fingerprint density at radius 1 is 1.36 bits per heavy atom. The Hall–Kier alpha value is -1.61. The average Bonchev–Trinajstić information content (AvgIpc) is 2.17. The number of hydrogen-bond acceptors (Lipinski definition) is 2. The zero-order chi connectivity index (χ0) is 10.1. The highest BCUT2D eigenvalue weighted by atomic mass is 16.4. The molecule has 0 radical (unpaired) electrons. The van der Waals surface area contributed by atoms with Gasteiger partial charge in [-0.2, -0.15) is 0 Å². The number of carbonyl (C=O) groups is 1. The Bertz CT molecular complexity index is 487. The summed E-state index contributed by atoms with van der Waals surface area (Å²) in [6, 6.07) is 7.20. The van der Waals surface area contributed by atoms with Crippen molar-refractivity contribution in [2.75, 3.05) is 0 Å². The molecule has 14 heavy (non-hydrogen) atoms. The van der Waals surface area contributed by atoms with Crippen LogP contribution in [0.1, 0.15) is 6.42 Å². The van der Waals surface area contributed by atoms with Gasteiger partial charge in [0.1, 0.15) is 0 Å². The monoisotopic (exact) mass is 190 g/mol. The molecule has 0 aliphatic heterocycles. The number of hydrogen-bond donors (Lipinski definition) is 2. The van der Waals surface area contributed by atoms with E-state index < -0.39 is 12.1 Å². The van der Waals surface area contributed by atoms with E-state index in [1.807, 2.05) is 18.2 Å². The molecule has 3 nitrogen and oxygen atoms in total. The molecule has 0 spiro atoms. The van der Waals surface area contributed by atoms with Crippen LogP contribution in [0.4, 0.5) is 0 Å². The molecule has 0 heterocycles. The number of aliphatic hydroxyl groups is 1. The van der Waals surface area contributed by atoms with E-state index in [1.54, 1.807) is 12.1 Å². The van der Waals surface area contributed by atoms with Crippen LogP contribution in [-0.2, 0) is 4.79 Å². The van der Waals surface area contributed by atoms with Gasteiger partial charge in [0.2, 0.25) is 0 Å². The third kappa shape index (κ3) is 1.32. The van der Waals surface area contributed by atoms with E-state index >= 15 is 0 Å². The van der Waals surface area contributed by atoms with Gasteiger partial charge in [0, 0.05) is 0 Å². The maximum absolute atomic E-state index is 10.9. The van der Waals surface area contributed by atoms with Crippen molar-refractivity contribution in [3.63, 3.8) is 0 Å². The van der Waals surface area contributed by atoms with Gasteiger partial charge in [-0.3, -0.25) is 0 Å². The largest absolute Gasteiger partial charge is 0.478 e. The highest BCUT2D eigenvalue weighted by molar-refractivity contribution is 6.10. The molecule has 2 N–H and O–H groups in total. The SMILES string of the molecule is O=C(O)C1=c2ccccc2=CCC1O. The number of carboxylic acid groups (broad SMARTS) is 1. The lowest BCUT2D eigenvalue weighted by atomic mass is 9.97. The summed E-state index contributed by atoms with van der Waals surface area (Å²) in [6.07, 6.45) is 1.34. The minimum absolute atomic E-state index is 0.100. The standard InChI is InChI=1S/C11H10O3/c12-9-6-5-7-3-1-2-4-8(7)10(9)11(13)14/h1-5,9,12H,6H2,(H,13,14). The van der Waals surface area contributed by atoms with Gasteiger partial charge in [0.15, 0.2) is 0 Å². The number of aliphatic carboxylic acids is 1. The number of aliphatic hydroxyl groups excluding tert-OH is 1. The molecule has 0 bridgehead atoms. The molecule has 3 heteroatoms. The lowest BCUT2D eigenvalue weighted by Crippen LogP contribution is -2.37. The quantitative estimate of drug-likeness (QED) is 0.625. The van der Waals surface area contributed by atoms with E-state index in [2.05, 4.69) is 0 Å². The molecule has 1 aliphatic carbocycles. The fourth-order valence-electron chi connectivity index (χ4n) is 1.71. The van der Waals surface area contributed by atoms with E-state index in [4.69, 9.17) is 5.11 Å². The van der Waals surface area contributed by atoms with Crippen LogP contribution in [0.25, 0.3) is 11.6 Å². The zero-order valence-corrected chi connectivity index (χ0v) is 7.47. The predicted octanol–water partition coefficient (Wildman–Crippen LogP) is -0.533. The smallest absolute Gasteiger partial charge is 0.334 e. The maximum atomic E-state index is 10.9. The lowest BCUT2D eigenvalue weighted by molar-refractivity contribution is -0.131. The second kappa shape index (κ2) is 3.27. The van der Waals surface area contributed by atoms with Crippen molar-refractivity contribution in [2.45, 2.75) is 12.5 Å². The average molecular weight is 190 g/mol. The molecule has 0 amide bonds. The normalized spacial score (nSPS) is 19.8. The van der Waals surface area contributed by atoms with Crippen LogP contribution in [0, 0.1) is 0 Å². The van der Waals surface area contributed by atoms with Crippen LogP contribution >= 0.6 is 0 Å². The molecule has 0 saturated carbocycles. The van der Waals surface area contributed by atoms with Crippen molar-refractivity contribution < 1.29 is 15.0 Å². The number of fused-ring (bicyclic) bond motifs is 1. The Morgan fingerprint density at radius 3 is 2.79 bits per heavy atom. The van der Waals surface area contributed by atoms with Crippen molar-refractivity contribution >= 4 is 17.6 Å². The summed E-state index contributed by atoms with van der Waals surface area (Å²) in [6.45, 7) is 0. The van der Waals surface area contributed by atoms with Gasteiger partial charge < -0.3 is 10.2 Å². The Labute approximate surface area is 80.6 Å². The van der Waals surface area contributed by atoms with Gasteiger partial charge >= 0.3 is 5.97 Å². The van der Waals surface area contributed by atoms with Gasteiger partial charge in [-0.25, -0.2) is 4.79 Å². The number of carboxylic acids is 1. The van der Waals surface area contributed by atoms with Crippen LogP contribution in [0.5, 0.6) is 0 Å². The minimum Gasteiger partial charge on any atom is -0.478 e. The summed E-state index contributed by atoms with van der Waals surface area (Å²) < 4.78 is 0. The topological polar surface area (TPSA) is 57.5 Å². The van der Waals surface area contributed by atoms with Crippen molar-refractivity contribution in [3.8, 4) is 0 Å². The van der Waals surface area contributed by atoms with Crippen LogP contribution in [-0.4, -0.2) is 22.3 Å². The van der Waals surface area contributed by atoms with Gasteiger partial charge in [-0.1, -0.05) is 30.3 Å². The number of benzene rings is 1. The third-order valence-corrected chi connectivity index (χ3v) is 2.38. The van der Waals surface area contributed by atoms with Crippen LogP contribution in [0.3, 0.4) is 0 Å². The van der Waals surface area contributed by atoms with E-state index in [-0.39, 0.29) is 5.57 Å². The molecular weight excluding hydrogens is 180 g/mol.